The van der Waals surface area contributed by atoms with E-state index in [9.17, 15) is 9.59 Å². The molecule has 2 amide bonds. The van der Waals surface area contributed by atoms with Crippen LogP contribution in [0.5, 0.6) is 0 Å². The number of anilines is 1. The Hall–Kier alpha value is -1.88. The molecule has 1 aromatic carbocycles. The lowest BCUT2D eigenvalue weighted by molar-refractivity contribution is -0.118. The van der Waals surface area contributed by atoms with E-state index in [2.05, 4.69) is 5.32 Å². The maximum absolute atomic E-state index is 12.4. The van der Waals surface area contributed by atoms with Gasteiger partial charge >= 0.3 is 0 Å². The molecule has 5 heteroatoms. The summed E-state index contributed by atoms with van der Waals surface area (Å²) in [5.74, 6) is 0.101. The van der Waals surface area contributed by atoms with E-state index < -0.39 is 0 Å². The second kappa shape index (κ2) is 7.79. The van der Waals surface area contributed by atoms with Crippen molar-refractivity contribution in [3.63, 3.8) is 0 Å². The van der Waals surface area contributed by atoms with E-state index in [1.165, 1.54) is 0 Å². The van der Waals surface area contributed by atoms with Crippen molar-refractivity contribution in [1.82, 2.24) is 5.32 Å². The van der Waals surface area contributed by atoms with Crippen molar-refractivity contribution in [1.29, 1.82) is 0 Å². The van der Waals surface area contributed by atoms with Gasteiger partial charge in [-0.1, -0.05) is 19.3 Å². The molecule has 130 valence electrons. The number of amides is 2. The van der Waals surface area contributed by atoms with Gasteiger partial charge in [-0.3, -0.25) is 9.59 Å². The zero-order valence-electron chi connectivity index (χ0n) is 14.2. The maximum Gasteiger partial charge on any atom is 0.251 e. The second-order valence-electron chi connectivity index (χ2n) is 6.93. The SMILES string of the molecule is NC1CCCCC1NC(=O)c1ccc(N2CCCCCC2=O)cc1. The Labute approximate surface area is 143 Å². The largest absolute Gasteiger partial charge is 0.348 e. The van der Waals surface area contributed by atoms with Crippen molar-refractivity contribution >= 4 is 17.5 Å². The van der Waals surface area contributed by atoms with Crippen LogP contribution in [-0.2, 0) is 4.79 Å². The Morgan fingerprint density at radius 3 is 2.54 bits per heavy atom. The minimum absolute atomic E-state index is 0.0525. The molecule has 1 aliphatic carbocycles. The Bertz CT molecular complexity index is 585. The van der Waals surface area contributed by atoms with Gasteiger partial charge in [0.15, 0.2) is 0 Å². The van der Waals surface area contributed by atoms with Crippen molar-refractivity contribution < 1.29 is 9.59 Å². The predicted octanol–water partition coefficient (Wildman–Crippen LogP) is 2.59. The van der Waals surface area contributed by atoms with Crippen molar-refractivity contribution in [2.45, 2.75) is 63.5 Å². The normalized spacial score (nSPS) is 25.2. The van der Waals surface area contributed by atoms with Crippen molar-refractivity contribution in [3.05, 3.63) is 29.8 Å². The van der Waals surface area contributed by atoms with Crippen molar-refractivity contribution in [3.8, 4) is 0 Å². The van der Waals surface area contributed by atoms with Gasteiger partial charge in [0.25, 0.3) is 5.91 Å². The monoisotopic (exact) mass is 329 g/mol. The number of nitrogens with zero attached hydrogens (tertiary/aromatic N) is 1. The fourth-order valence-corrected chi connectivity index (χ4v) is 3.64. The number of rotatable bonds is 3. The molecule has 2 unspecified atom stereocenters. The zero-order chi connectivity index (χ0) is 16.9. The molecule has 3 N–H and O–H groups in total. The molecule has 3 rings (SSSR count). The van der Waals surface area contributed by atoms with Gasteiger partial charge in [0.05, 0.1) is 0 Å². The summed E-state index contributed by atoms with van der Waals surface area (Å²) in [5, 5.41) is 3.06. The van der Waals surface area contributed by atoms with Crippen LogP contribution in [0, 0.1) is 0 Å². The molecule has 0 aromatic heterocycles. The summed E-state index contributed by atoms with van der Waals surface area (Å²) in [6.07, 6.45) is 7.91. The van der Waals surface area contributed by atoms with Crippen LogP contribution in [0.1, 0.15) is 61.7 Å². The summed E-state index contributed by atoms with van der Waals surface area (Å²) < 4.78 is 0. The second-order valence-corrected chi connectivity index (χ2v) is 6.93. The molecule has 0 bridgehead atoms. The lowest BCUT2D eigenvalue weighted by Gasteiger charge is -2.29. The van der Waals surface area contributed by atoms with Crippen molar-refractivity contribution in [2.75, 3.05) is 11.4 Å². The molecule has 1 aromatic rings. The first-order valence-electron chi connectivity index (χ1n) is 9.12. The maximum atomic E-state index is 12.4. The molecule has 1 saturated carbocycles. The van der Waals surface area contributed by atoms with Gasteiger partial charge in [0, 0.05) is 36.3 Å². The summed E-state index contributed by atoms with van der Waals surface area (Å²) in [4.78, 5) is 26.4. The van der Waals surface area contributed by atoms with E-state index in [1.54, 1.807) is 12.1 Å². The lowest BCUT2D eigenvalue weighted by Crippen LogP contribution is -2.49. The smallest absolute Gasteiger partial charge is 0.251 e. The Morgan fingerprint density at radius 1 is 1.04 bits per heavy atom. The lowest BCUT2D eigenvalue weighted by atomic mass is 9.91. The molecule has 1 aliphatic heterocycles. The molecule has 0 spiro atoms. The predicted molar refractivity (Wildman–Crippen MR) is 95.0 cm³/mol. The number of carbonyl (C=O) groups excluding carboxylic acids is 2. The first-order chi connectivity index (χ1) is 11.6. The van der Waals surface area contributed by atoms with Gasteiger partial charge < -0.3 is 16.0 Å². The summed E-state index contributed by atoms with van der Waals surface area (Å²) >= 11 is 0. The molecule has 0 radical (unpaired) electrons. The molecule has 2 aliphatic rings. The summed E-state index contributed by atoms with van der Waals surface area (Å²) in [6.45, 7) is 0.765. The number of hydrogen-bond acceptors (Lipinski definition) is 3. The van der Waals surface area contributed by atoms with E-state index in [0.29, 0.717) is 12.0 Å². The molecule has 1 saturated heterocycles. The quantitative estimate of drug-likeness (QED) is 0.895. The highest BCUT2D eigenvalue weighted by atomic mass is 16.2. The van der Waals surface area contributed by atoms with Gasteiger partial charge in [-0.2, -0.15) is 0 Å². The van der Waals surface area contributed by atoms with Crippen molar-refractivity contribution in [2.24, 2.45) is 5.73 Å². The van der Waals surface area contributed by atoms with Crippen LogP contribution in [-0.4, -0.2) is 30.4 Å². The van der Waals surface area contributed by atoms with Gasteiger partial charge in [0.2, 0.25) is 5.91 Å². The summed E-state index contributed by atoms with van der Waals surface area (Å²) in [7, 11) is 0. The van der Waals surface area contributed by atoms with Crippen LogP contribution in [0.3, 0.4) is 0 Å². The Morgan fingerprint density at radius 2 is 1.79 bits per heavy atom. The van der Waals surface area contributed by atoms with E-state index in [4.69, 9.17) is 5.73 Å². The average molecular weight is 329 g/mol. The zero-order valence-corrected chi connectivity index (χ0v) is 14.2. The minimum Gasteiger partial charge on any atom is -0.348 e. The van der Waals surface area contributed by atoms with Gasteiger partial charge in [0.1, 0.15) is 0 Å². The number of nitrogens with two attached hydrogens (primary N) is 1. The molecule has 24 heavy (non-hydrogen) atoms. The van der Waals surface area contributed by atoms with Gasteiger partial charge in [-0.05, 0) is 49.9 Å². The highest BCUT2D eigenvalue weighted by molar-refractivity contribution is 5.96. The molecule has 5 nitrogen and oxygen atoms in total. The van der Waals surface area contributed by atoms with E-state index in [1.807, 2.05) is 17.0 Å². The fourth-order valence-electron chi connectivity index (χ4n) is 3.64. The van der Waals surface area contributed by atoms with Crippen LogP contribution in [0.15, 0.2) is 24.3 Å². The van der Waals surface area contributed by atoms with Crippen LogP contribution >= 0.6 is 0 Å². The minimum atomic E-state index is -0.0777. The van der Waals surface area contributed by atoms with Gasteiger partial charge in [-0.25, -0.2) is 0 Å². The standard InChI is InChI=1S/C19H27N3O2/c20-16-6-3-4-7-17(16)21-19(24)14-9-11-15(12-10-14)22-13-5-1-2-8-18(22)23/h9-12,16-17H,1-8,13,20H2,(H,21,24). The van der Waals surface area contributed by atoms with E-state index >= 15 is 0 Å². The Balaban J connectivity index is 1.65. The molecule has 2 atom stereocenters. The highest BCUT2D eigenvalue weighted by Gasteiger charge is 2.24. The molecule has 1 heterocycles. The van der Waals surface area contributed by atoms with E-state index in [0.717, 1.165) is 57.2 Å². The van der Waals surface area contributed by atoms with Gasteiger partial charge in [-0.15, -0.1) is 0 Å². The third-order valence-corrected chi connectivity index (χ3v) is 5.15. The van der Waals surface area contributed by atoms with Crippen LogP contribution in [0.2, 0.25) is 0 Å². The fraction of sp³-hybridized carbons (Fsp3) is 0.579. The third-order valence-electron chi connectivity index (χ3n) is 5.15. The van der Waals surface area contributed by atoms with Crippen LogP contribution in [0.4, 0.5) is 5.69 Å². The number of nitrogens with one attached hydrogen (secondary N) is 1. The number of carbonyl (C=O) groups is 2. The molecule has 2 fully saturated rings. The molecular weight excluding hydrogens is 302 g/mol. The molecular formula is C19H27N3O2. The number of benzene rings is 1. The first kappa shape index (κ1) is 17.0. The van der Waals surface area contributed by atoms with Crippen LogP contribution < -0.4 is 16.0 Å². The summed E-state index contributed by atoms with van der Waals surface area (Å²) in [5.41, 5.74) is 7.60. The van der Waals surface area contributed by atoms with Crippen LogP contribution in [0.25, 0.3) is 0 Å². The topological polar surface area (TPSA) is 75.4 Å². The number of hydrogen-bond donors (Lipinski definition) is 2. The summed E-state index contributed by atoms with van der Waals surface area (Å²) in [6, 6.07) is 7.47. The average Bonchev–Trinajstić information content (AvgIpc) is 2.81. The first-order valence-corrected chi connectivity index (χ1v) is 9.12. The van der Waals surface area contributed by atoms with E-state index in [-0.39, 0.29) is 23.9 Å². The highest BCUT2D eigenvalue weighted by Crippen LogP contribution is 2.22. The third kappa shape index (κ3) is 3.96. The Kier molecular flexibility index (Phi) is 5.51.